The second kappa shape index (κ2) is 5.68. The maximum Gasteiger partial charge on any atom is 0.410 e. The monoisotopic (exact) mass is 234 g/mol. The maximum atomic E-state index is 11.6. The molecule has 1 atom stereocenters. The Morgan fingerprint density at radius 1 is 1.35 bits per heavy atom. The van der Waals surface area contributed by atoms with Crippen LogP contribution in [0.4, 0.5) is 4.79 Å². The molecule has 0 bridgehead atoms. The van der Waals surface area contributed by atoms with Gasteiger partial charge in [-0.3, -0.25) is 0 Å². The minimum Gasteiger partial charge on any atom is -0.444 e. The van der Waals surface area contributed by atoms with Crippen LogP contribution in [0.1, 0.15) is 18.4 Å². The maximum absolute atomic E-state index is 11.6. The molecule has 0 radical (unpaired) electrons. The highest BCUT2D eigenvalue weighted by Crippen LogP contribution is 2.17. The van der Waals surface area contributed by atoms with Crippen molar-refractivity contribution in [3.8, 4) is 0 Å². The van der Waals surface area contributed by atoms with Gasteiger partial charge in [0.15, 0.2) is 0 Å². The van der Waals surface area contributed by atoms with Crippen LogP contribution in [0, 0.1) is 0 Å². The Morgan fingerprint density at radius 2 is 2.12 bits per heavy atom. The lowest BCUT2D eigenvalue weighted by atomic mass is 10.2. The highest BCUT2D eigenvalue weighted by Gasteiger charge is 2.30. The normalized spacial score (nSPS) is 19.5. The van der Waals surface area contributed by atoms with Crippen molar-refractivity contribution in [3.63, 3.8) is 0 Å². The van der Waals surface area contributed by atoms with Gasteiger partial charge >= 0.3 is 6.09 Å². The molecule has 4 heteroatoms. The van der Waals surface area contributed by atoms with E-state index in [-0.39, 0.29) is 12.2 Å². The first kappa shape index (κ1) is 11.9. The van der Waals surface area contributed by atoms with E-state index in [9.17, 15) is 4.79 Å². The van der Waals surface area contributed by atoms with E-state index in [1.807, 2.05) is 30.3 Å². The molecule has 0 aliphatic carbocycles. The van der Waals surface area contributed by atoms with Crippen LogP contribution >= 0.6 is 0 Å². The lowest BCUT2D eigenvalue weighted by molar-refractivity contribution is 0.127. The molecule has 0 aromatic heterocycles. The summed E-state index contributed by atoms with van der Waals surface area (Å²) in [6.07, 6.45) is 1.55. The van der Waals surface area contributed by atoms with Gasteiger partial charge in [-0.2, -0.15) is 0 Å². The Bertz CT molecular complexity index is 367. The van der Waals surface area contributed by atoms with Crippen LogP contribution in [0.25, 0.3) is 0 Å². The molecule has 92 valence electrons. The van der Waals surface area contributed by atoms with Crippen molar-refractivity contribution in [2.24, 2.45) is 5.73 Å². The number of benzene rings is 1. The Labute approximate surface area is 101 Å². The lowest BCUT2D eigenvalue weighted by Crippen LogP contribution is -2.24. The zero-order chi connectivity index (χ0) is 12.1. The van der Waals surface area contributed by atoms with Gasteiger partial charge in [0.1, 0.15) is 6.10 Å². The van der Waals surface area contributed by atoms with E-state index in [1.165, 1.54) is 0 Å². The number of rotatable bonds is 5. The summed E-state index contributed by atoms with van der Waals surface area (Å²) in [6, 6.07) is 9.95. The van der Waals surface area contributed by atoms with Crippen molar-refractivity contribution in [3.05, 3.63) is 35.9 Å². The van der Waals surface area contributed by atoms with Gasteiger partial charge < -0.3 is 15.4 Å². The molecule has 1 amide bonds. The van der Waals surface area contributed by atoms with E-state index in [0.29, 0.717) is 19.6 Å². The van der Waals surface area contributed by atoms with Crippen LogP contribution in [0.15, 0.2) is 30.3 Å². The number of nitrogens with two attached hydrogens (primary N) is 1. The van der Waals surface area contributed by atoms with Crippen molar-refractivity contribution in [2.75, 3.05) is 13.1 Å². The molecule has 1 aromatic rings. The number of hydrogen-bond donors (Lipinski definition) is 1. The van der Waals surface area contributed by atoms with Crippen molar-refractivity contribution in [2.45, 2.75) is 25.5 Å². The highest BCUT2D eigenvalue weighted by molar-refractivity contribution is 5.69. The quantitative estimate of drug-likeness (QED) is 0.844. The van der Waals surface area contributed by atoms with Gasteiger partial charge in [0.2, 0.25) is 0 Å². The summed E-state index contributed by atoms with van der Waals surface area (Å²) in [5.41, 5.74) is 6.57. The molecule has 1 unspecified atom stereocenters. The first-order valence-corrected chi connectivity index (χ1v) is 5.99. The van der Waals surface area contributed by atoms with Crippen molar-refractivity contribution >= 4 is 6.09 Å². The number of cyclic esters (lactones) is 1. The summed E-state index contributed by atoms with van der Waals surface area (Å²) in [6.45, 7) is 1.94. The van der Waals surface area contributed by atoms with Gasteiger partial charge in [-0.1, -0.05) is 30.3 Å². The zero-order valence-corrected chi connectivity index (χ0v) is 9.84. The fourth-order valence-corrected chi connectivity index (χ4v) is 2.00. The van der Waals surface area contributed by atoms with Gasteiger partial charge in [0, 0.05) is 6.54 Å². The fourth-order valence-electron chi connectivity index (χ4n) is 2.00. The van der Waals surface area contributed by atoms with Crippen LogP contribution in [-0.4, -0.2) is 30.2 Å². The first-order valence-electron chi connectivity index (χ1n) is 5.99. The van der Waals surface area contributed by atoms with Crippen LogP contribution in [0.2, 0.25) is 0 Å². The molecule has 1 aliphatic heterocycles. The number of ether oxygens (including phenoxy) is 1. The average molecular weight is 234 g/mol. The molecule has 4 nitrogen and oxygen atoms in total. The van der Waals surface area contributed by atoms with Crippen LogP contribution in [0.5, 0.6) is 0 Å². The SMILES string of the molecule is NCCCC1CN(Cc2ccccc2)C(=O)O1. The molecular weight excluding hydrogens is 216 g/mol. The second-order valence-corrected chi connectivity index (χ2v) is 4.30. The molecule has 1 aromatic carbocycles. The molecule has 17 heavy (non-hydrogen) atoms. The largest absolute Gasteiger partial charge is 0.444 e. The van der Waals surface area contributed by atoms with Crippen LogP contribution in [0.3, 0.4) is 0 Å². The molecule has 1 heterocycles. The summed E-state index contributed by atoms with van der Waals surface area (Å²) >= 11 is 0. The number of carbonyl (C=O) groups is 1. The molecule has 2 N–H and O–H groups in total. The van der Waals surface area contributed by atoms with Gasteiger partial charge in [-0.25, -0.2) is 4.79 Å². The Morgan fingerprint density at radius 3 is 2.82 bits per heavy atom. The molecule has 1 fully saturated rings. The fraction of sp³-hybridized carbons (Fsp3) is 0.462. The van der Waals surface area contributed by atoms with Crippen LogP contribution in [-0.2, 0) is 11.3 Å². The molecule has 2 rings (SSSR count). The number of nitrogens with zero attached hydrogens (tertiary/aromatic N) is 1. The van der Waals surface area contributed by atoms with E-state index in [0.717, 1.165) is 18.4 Å². The van der Waals surface area contributed by atoms with Crippen molar-refractivity contribution in [1.29, 1.82) is 0 Å². The third-order valence-electron chi connectivity index (χ3n) is 2.90. The smallest absolute Gasteiger partial charge is 0.410 e. The van der Waals surface area contributed by atoms with Gasteiger partial charge in [0.25, 0.3) is 0 Å². The molecule has 1 aliphatic rings. The minimum atomic E-state index is -0.212. The van der Waals surface area contributed by atoms with Crippen molar-refractivity contribution in [1.82, 2.24) is 4.90 Å². The first-order chi connectivity index (χ1) is 8.29. The standard InChI is InChI=1S/C13H18N2O2/c14-8-4-7-12-10-15(13(16)17-12)9-11-5-2-1-3-6-11/h1-3,5-6,12H,4,7-10,14H2. The predicted molar refractivity (Wildman–Crippen MR) is 65.4 cm³/mol. The topological polar surface area (TPSA) is 55.6 Å². The average Bonchev–Trinajstić information content (AvgIpc) is 2.69. The Kier molecular flexibility index (Phi) is 3.98. The van der Waals surface area contributed by atoms with E-state index >= 15 is 0 Å². The third-order valence-corrected chi connectivity index (χ3v) is 2.90. The summed E-state index contributed by atoms with van der Waals surface area (Å²) < 4.78 is 5.28. The van der Waals surface area contributed by atoms with E-state index in [4.69, 9.17) is 10.5 Å². The highest BCUT2D eigenvalue weighted by atomic mass is 16.6. The number of carbonyl (C=O) groups excluding carboxylic acids is 1. The van der Waals surface area contributed by atoms with E-state index in [2.05, 4.69) is 0 Å². The minimum absolute atomic E-state index is 0.00904. The molecule has 0 spiro atoms. The summed E-state index contributed by atoms with van der Waals surface area (Å²) in [4.78, 5) is 13.4. The van der Waals surface area contributed by atoms with Gasteiger partial charge in [0.05, 0.1) is 6.54 Å². The van der Waals surface area contributed by atoms with E-state index < -0.39 is 0 Å². The van der Waals surface area contributed by atoms with Gasteiger partial charge in [-0.05, 0) is 24.9 Å². The zero-order valence-electron chi connectivity index (χ0n) is 9.84. The van der Waals surface area contributed by atoms with Gasteiger partial charge in [-0.15, -0.1) is 0 Å². The molecule has 1 saturated heterocycles. The third kappa shape index (κ3) is 3.20. The van der Waals surface area contributed by atoms with Crippen molar-refractivity contribution < 1.29 is 9.53 Å². The molecular formula is C13H18N2O2. The predicted octanol–water partition coefficient (Wildman–Crippen LogP) is 1.75. The Balaban J connectivity index is 1.88. The van der Waals surface area contributed by atoms with Crippen LogP contribution < -0.4 is 5.73 Å². The Hall–Kier alpha value is -1.55. The second-order valence-electron chi connectivity index (χ2n) is 4.30. The number of amides is 1. The lowest BCUT2D eigenvalue weighted by Gasteiger charge is -2.12. The molecule has 0 saturated carbocycles. The summed E-state index contributed by atoms with van der Waals surface area (Å²) in [5, 5.41) is 0. The van der Waals surface area contributed by atoms with E-state index in [1.54, 1.807) is 4.90 Å². The summed E-state index contributed by atoms with van der Waals surface area (Å²) in [7, 11) is 0. The number of hydrogen-bond acceptors (Lipinski definition) is 3. The summed E-state index contributed by atoms with van der Waals surface area (Å²) in [5.74, 6) is 0.